The van der Waals surface area contributed by atoms with Crippen molar-refractivity contribution in [3.05, 3.63) is 0 Å². The molecular formula is C11H16N2O. The van der Waals surface area contributed by atoms with Crippen molar-refractivity contribution in [3.8, 4) is 12.3 Å². The Bertz CT molecular complexity index is 261. The minimum absolute atomic E-state index is 0.182. The minimum atomic E-state index is 0.182. The van der Waals surface area contributed by atoms with E-state index in [1.807, 2.05) is 4.90 Å². The van der Waals surface area contributed by atoms with Gasteiger partial charge in [0.1, 0.15) is 0 Å². The normalized spacial score (nSPS) is 21.1. The molecule has 0 atom stereocenters. The second kappa shape index (κ2) is 4.02. The van der Waals surface area contributed by atoms with Crippen molar-refractivity contribution in [2.45, 2.75) is 12.8 Å². The molecule has 1 aliphatic carbocycles. The highest BCUT2D eigenvalue weighted by molar-refractivity contribution is 5.80. The van der Waals surface area contributed by atoms with Crippen LogP contribution in [0.3, 0.4) is 0 Å². The highest BCUT2D eigenvalue weighted by Crippen LogP contribution is 2.30. The third-order valence-electron chi connectivity index (χ3n) is 2.90. The van der Waals surface area contributed by atoms with E-state index in [0.29, 0.717) is 6.54 Å². The van der Waals surface area contributed by atoms with Gasteiger partial charge in [-0.3, -0.25) is 4.79 Å². The highest BCUT2D eigenvalue weighted by atomic mass is 16.2. The van der Waals surface area contributed by atoms with Crippen LogP contribution in [0.15, 0.2) is 0 Å². The van der Waals surface area contributed by atoms with E-state index in [1.54, 1.807) is 0 Å². The molecule has 1 saturated carbocycles. The number of nitrogens with zero attached hydrogens (tertiary/aromatic N) is 1. The zero-order valence-electron chi connectivity index (χ0n) is 8.33. The molecule has 1 amide bonds. The third-order valence-corrected chi connectivity index (χ3v) is 2.90. The van der Waals surface area contributed by atoms with Crippen molar-refractivity contribution >= 4 is 5.91 Å². The summed E-state index contributed by atoms with van der Waals surface area (Å²) >= 11 is 0. The first-order valence-electron chi connectivity index (χ1n) is 5.24. The average Bonchev–Trinajstić information content (AvgIpc) is 2.84. The predicted molar refractivity (Wildman–Crippen MR) is 54.5 cm³/mol. The van der Waals surface area contributed by atoms with Crippen LogP contribution in [0.1, 0.15) is 12.8 Å². The van der Waals surface area contributed by atoms with Crippen LogP contribution in [0, 0.1) is 24.2 Å². The van der Waals surface area contributed by atoms with Crippen molar-refractivity contribution in [3.63, 3.8) is 0 Å². The van der Waals surface area contributed by atoms with Crippen LogP contribution in [0.2, 0.25) is 0 Å². The molecule has 2 fully saturated rings. The van der Waals surface area contributed by atoms with E-state index >= 15 is 0 Å². The second-order valence-corrected chi connectivity index (χ2v) is 4.22. The molecule has 0 bridgehead atoms. The number of rotatable bonds is 4. The maximum atomic E-state index is 11.9. The van der Waals surface area contributed by atoms with Gasteiger partial charge < -0.3 is 10.2 Å². The number of hydrogen-bond acceptors (Lipinski definition) is 2. The van der Waals surface area contributed by atoms with Gasteiger partial charge in [-0.2, -0.15) is 0 Å². The largest absolute Gasteiger partial charge is 0.331 e. The van der Waals surface area contributed by atoms with Crippen molar-refractivity contribution in [1.29, 1.82) is 0 Å². The maximum absolute atomic E-state index is 11.9. The van der Waals surface area contributed by atoms with E-state index in [0.717, 1.165) is 25.6 Å². The number of hydrogen-bond donors (Lipinski definition) is 1. The van der Waals surface area contributed by atoms with Crippen LogP contribution < -0.4 is 5.32 Å². The second-order valence-electron chi connectivity index (χ2n) is 4.22. The highest BCUT2D eigenvalue weighted by Gasteiger charge is 2.32. The van der Waals surface area contributed by atoms with E-state index in [9.17, 15) is 4.79 Å². The molecule has 0 aromatic rings. The van der Waals surface area contributed by atoms with Gasteiger partial charge in [0.2, 0.25) is 5.91 Å². The van der Waals surface area contributed by atoms with E-state index in [-0.39, 0.29) is 11.8 Å². The smallest absolute Gasteiger partial charge is 0.229 e. The first-order chi connectivity index (χ1) is 6.81. The summed E-state index contributed by atoms with van der Waals surface area (Å²) in [5.41, 5.74) is 0. The molecule has 0 spiro atoms. The predicted octanol–water partition coefficient (Wildman–Crippen LogP) is 0.0776. The van der Waals surface area contributed by atoms with Crippen LogP contribution in [-0.2, 0) is 4.79 Å². The zero-order chi connectivity index (χ0) is 9.97. The molecule has 0 unspecified atom stereocenters. The van der Waals surface area contributed by atoms with Gasteiger partial charge in [0.25, 0.3) is 0 Å². The first kappa shape index (κ1) is 9.54. The molecule has 2 aliphatic rings. The molecule has 3 heteroatoms. The van der Waals surface area contributed by atoms with E-state index in [1.165, 1.54) is 12.8 Å². The summed E-state index contributed by atoms with van der Waals surface area (Å²) in [6.45, 7) is 3.00. The summed E-state index contributed by atoms with van der Waals surface area (Å²) in [4.78, 5) is 13.7. The van der Waals surface area contributed by atoms with E-state index in [2.05, 4.69) is 11.2 Å². The standard InChI is InChI=1S/C11H16N2O/c1-2-5-13(8-9-3-4-9)11(14)10-6-12-7-10/h1,9-10,12H,3-8H2. The van der Waals surface area contributed by atoms with Crippen LogP contribution >= 0.6 is 0 Å². The molecule has 1 aliphatic heterocycles. The van der Waals surface area contributed by atoms with Crippen LogP contribution in [-0.4, -0.2) is 37.0 Å². The number of nitrogens with one attached hydrogen (secondary N) is 1. The fourth-order valence-electron chi connectivity index (χ4n) is 1.68. The topological polar surface area (TPSA) is 32.3 Å². The fourth-order valence-corrected chi connectivity index (χ4v) is 1.68. The Balaban J connectivity index is 1.86. The monoisotopic (exact) mass is 192 g/mol. The summed E-state index contributed by atoms with van der Waals surface area (Å²) in [6, 6.07) is 0. The molecule has 1 saturated heterocycles. The van der Waals surface area contributed by atoms with Crippen molar-refractivity contribution in [1.82, 2.24) is 10.2 Å². The van der Waals surface area contributed by atoms with Gasteiger partial charge >= 0.3 is 0 Å². The molecule has 14 heavy (non-hydrogen) atoms. The Hall–Kier alpha value is -1.01. The molecule has 0 aromatic heterocycles. The Kier molecular flexibility index (Phi) is 2.74. The van der Waals surface area contributed by atoms with Gasteiger partial charge in [0.05, 0.1) is 12.5 Å². The summed E-state index contributed by atoms with van der Waals surface area (Å²) in [7, 11) is 0. The Labute approximate surface area is 84.8 Å². The molecule has 76 valence electrons. The maximum Gasteiger partial charge on any atom is 0.229 e. The summed E-state index contributed by atoms with van der Waals surface area (Å²) in [6.07, 6.45) is 7.79. The van der Waals surface area contributed by atoms with Crippen molar-refractivity contribution < 1.29 is 4.79 Å². The number of carbonyl (C=O) groups excluding carboxylic acids is 1. The Morgan fingerprint density at radius 3 is 2.64 bits per heavy atom. The van der Waals surface area contributed by atoms with Crippen molar-refractivity contribution in [2.24, 2.45) is 11.8 Å². The average molecular weight is 192 g/mol. The van der Waals surface area contributed by atoms with Gasteiger partial charge in [-0.1, -0.05) is 5.92 Å². The van der Waals surface area contributed by atoms with E-state index in [4.69, 9.17) is 6.42 Å². The number of terminal acetylenes is 1. The minimum Gasteiger partial charge on any atom is -0.331 e. The van der Waals surface area contributed by atoms with Gasteiger partial charge in [0, 0.05) is 19.6 Å². The molecular weight excluding hydrogens is 176 g/mol. The summed E-state index contributed by atoms with van der Waals surface area (Å²) in [5, 5.41) is 3.11. The van der Waals surface area contributed by atoms with Gasteiger partial charge in [-0.25, -0.2) is 0 Å². The fraction of sp³-hybridized carbons (Fsp3) is 0.727. The lowest BCUT2D eigenvalue weighted by molar-refractivity contribution is -0.136. The van der Waals surface area contributed by atoms with Gasteiger partial charge in [-0.05, 0) is 18.8 Å². The molecule has 0 aromatic carbocycles. The quantitative estimate of drug-likeness (QED) is 0.640. The zero-order valence-corrected chi connectivity index (χ0v) is 8.33. The number of amides is 1. The van der Waals surface area contributed by atoms with Gasteiger partial charge in [0.15, 0.2) is 0 Å². The van der Waals surface area contributed by atoms with Crippen LogP contribution in [0.25, 0.3) is 0 Å². The Morgan fingerprint density at radius 2 is 2.21 bits per heavy atom. The molecule has 2 rings (SSSR count). The van der Waals surface area contributed by atoms with Crippen molar-refractivity contribution in [2.75, 3.05) is 26.2 Å². The number of carbonyl (C=O) groups is 1. The van der Waals surface area contributed by atoms with E-state index < -0.39 is 0 Å². The molecule has 1 N–H and O–H groups in total. The van der Waals surface area contributed by atoms with Crippen LogP contribution in [0.4, 0.5) is 0 Å². The Morgan fingerprint density at radius 1 is 1.50 bits per heavy atom. The molecule has 0 radical (unpaired) electrons. The summed E-state index contributed by atoms with van der Waals surface area (Å²) in [5.74, 6) is 3.72. The first-order valence-corrected chi connectivity index (χ1v) is 5.24. The van der Waals surface area contributed by atoms with Crippen LogP contribution in [0.5, 0.6) is 0 Å². The lowest BCUT2D eigenvalue weighted by Gasteiger charge is -2.31. The lowest BCUT2D eigenvalue weighted by atomic mass is 10.0. The molecule has 1 heterocycles. The third kappa shape index (κ3) is 2.08. The van der Waals surface area contributed by atoms with Gasteiger partial charge in [-0.15, -0.1) is 6.42 Å². The summed E-state index contributed by atoms with van der Waals surface area (Å²) < 4.78 is 0. The molecule has 3 nitrogen and oxygen atoms in total. The lowest BCUT2D eigenvalue weighted by Crippen LogP contribution is -2.52. The SMILES string of the molecule is C#CCN(CC1CC1)C(=O)C1CNC1.